The second-order valence-corrected chi connectivity index (χ2v) is 4.83. The molecule has 0 bridgehead atoms. The van der Waals surface area contributed by atoms with Gasteiger partial charge in [0.15, 0.2) is 0 Å². The average molecular weight is 330 g/mol. The molecule has 0 aliphatic rings. The van der Waals surface area contributed by atoms with Crippen LogP contribution in [0.15, 0.2) is 33.5 Å². The molecule has 1 aromatic carbocycles. The van der Waals surface area contributed by atoms with Gasteiger partial charge < -0.3 is 11.6 Å². The molecule has 0 aliphatic carbocycles. The van der Waals surface area contributed by atoms with Crippen LogP contribution in [0.25, 0.3) is 11.1 Å². The van der Waals surface area contributed by atoms with Crippen molar-refractivity contribution in [2.45, 2.75) is 0 Å². The maximum atomic E-state index is 12.0. The zero-order chi connectivity index (χ0) is 14.9. The monoisotopic (exact) mass is 329 g/mol. The molecule has 20 heavy (non-hydrogen) atoms. The minimum absolute atomic E-state index is 0.00553. The molecule has 1 aromatic heterocycles. The van der Waals surface area contributed by atoms with Crippen LogP contribution in [0.2, 0.25) is 0 Å². The SMILES string of the molecule is N#Cc1c(-c2ccc(Br)cc2)c(C#N)c(=O)n(N)c1N. The number of nitrogens with zero attached hydrogens (tertiary/aromatic N) is 3. The van der Waals surface area contributed by atoms with Crippen molar-refractivity contribution >= 4 is 21.7 Å². The highest BCUT2D eigenvalue weighted by Crippen LogP contribution is 2.29. The molecular formula is C13H8BrN5O. The maximum absolute atomic E-state index is 12.0. The number of pyridine rings is 1. The zero-order valence-electron chi connectivity index (χ0n) is 10.1. The second-order valence-electron chi connectivity index (χ2n) is 3.92. The summed E-state index contributed by atoms with van der Waals surface area (Å²) in [5, 5.41) is 18.4. The molecule has 0 radical (unpaired) electrons. The molecule has 0 amide bonds. The van der Waals surface area contributed by atoms with Crippen LogP contribution >= 0.6 is 15.9 Å². The summed E-state index contributed by atoms with van der Waals surface area (Å²) in [6, 6.07) is 10.5. The zero-order valence-corrected chi connectivity index (χ0v) is 11.7. The quantitative estimate of drug-likeness (QED) is 0.764. The van der Waals surface area contributed by atoms with Crippen molar-refractivity contribution in [3.8, 4) is 23.3 Å². The summed E-state index contributed by atoms with van der Waals surface area (Å²) < 4.78 is 1.44. The van der Waals surface area contributed by atoms with E-state index in [-0.39, 0.29) is 22.5 Å². The number of benzene rings is 1. The van der Waals surface area contributed by atoms with E-state index >= 15 is 0 Å². The Morgan fingerprint density at radius 2 is 1.65 bits per heavy atom. The number of aromatic nitrogens is 1. The van der Waals surface area contributed by atoms with Gasteiger partial charge in [0, 0.05) is 10.0 Å². The van der Waals surface area contributed by atoms with Crippen molar-refractivity contribution < 1.29 is 0 Å². The number of rotatable bonds is 1. The van der Waals surface area contributed by atoms with Crippen molar-refractivity contribution in [3.05, 3.63) is 50.2 Å². The Bertz CT molecular complexity index is 824. The van der Waals surface area contributed by atoms with Gasteiger partial charge in [0.1, 0.15) is 29.1 Å². The smallest absolute Gasteiger partial charge is 0.289 e. The third kappa shape index (κ3) is 2.00. The number of halogens is 1. The van der Waals surface area contributed by atoms with E-state index in [2.05, 4.69) is 15.9 Å². The van der Waals surface area contributed by atoms with E-state index in [0.717, 1.165) is 4.47 Å². The van der Waals surface area contributed by atoms with Crippen molar-refractivity contribution in [1.29, 1.82) is 10.5 Å². The van der Waals surface area contributed by atoms with Gasteiger partial charge in [-0.25, -0.2) is 4.68 Å². The first-order chi connectivity index (χ1) is 9.51. The van der Waals surface area contributed by atoms with Gasteiger partial charge in [-0.2, -0.15) is 10.5 Å². The highest BCUT2D eigenvalue weighted by Gasteiger charge is 2.20. The van der Waals surface area contributed by atoms with Gasteiger partial charge in [0.2, 0.25) is 0 Å². The minimum atomic E-state index is -0.734. The van der Waals surface area contributed by atoms with Gasteiger partial charge in [0.05, 0.1) is 0 Å². The van der Waals surface area contributed by atoms with Crippen LogP contribution in [0, 0.1) is 22.7 Å². The third-order valence-corrected chi connectivity index (χ3v) is 3.33. The number of hydrogen-bond donors (Lipinski definition) is 2. The number of nitriles is 2. The van der Waals surface area contributed by atoms with Crippen molar-refractivity contribution in [1.82, 2.24) is 4.68 Å². The number of anilines is 1. The third-order valence-electron chi connectivity index (χ3n) is 2.80. The molecule has 0 spiro atoms. The van der Waals surface area contributed by atoms with Crippen LogP contribution in [-0.2, 0) is 0 Å². The van der Waals surface area contributed by atoms with E-state index in [0.29, 0.717) is 10.2 Å². The molecule has 0 aliphatic heterocycles. The highest BCUT2D eigenvalue weighted by atomic mass is 79.9. The standard InChI is InChI=1S/C13H8BrN5O/c14-8-3-1-7(2-4-8)11-9(5-15)12(17)19(18)13(20)10(11)6-16/h1-4H,17-18H2. The molecule has 2 aromatic rings. The predicted octanol–water partition coefficient (Wildman–Crippen LogP) is 1.32. The number of hydrogen-bond acceptors (Lipinski definition) is 5. The fourth-order valence-corrected chi connectivity index (χ4v) is 2.10. The summed E-state index contributed by atoms with van der Waals surface area (Å²) in [4.78, 5) is 12.0. The molecule has 0 unspecified atom stereocenters. The Kier molecular flexibility index (Phi) is 3.47. The van der Waals surface area contributed by atoms with Gasteiger partial charge in [-0.15, -0.1) is 0 Å². The summed E-state index contributed by atoms with van der Waals surface area (Å²) in [6.45, 7) is 0. The average Bonchev–Trinajstić information content (AvgIpc) is 2.45. The van der Waals surface area contributed by atoms with Crippen molar-refractivity contribution in [3.63, 3.8) is 0 Å². The number of nitrogen functional groups attached to an aromatic ring is 2. The summed E-state index contributed by atoms with van der Waals surface area (Å²) in [6.07, 6.45) is 0. The predicted molar refractivity (Wildman–Crippen MR) is 77.8 cm³/mol. The van der Waals surface area contributed by atoms with Crippen molar-refractivity contribution in [2.24, 2.45) is 0 Å². The van der Waals surface area contributed by atoms with E-state index in [4.69, 9.17) is 11.6 Å². The molecule has 0 atom stereocenters. The van der Waals surface area contributed by atoms with E-state index in [9.17, 15) is 15.3 Å². The molecule has 0 saturated heterocycles. The van der Waals surface area contributed by atoms with Gasteiger partial charge in [-0.1, -0.05) is 28.1 Å². The Morgan fingerprint density at radius 1 is 1.10 bits per heavy atom. The Morgan fingerprint density at radius 3 is 2.15 bits per heavy atom. The lowest BCUT2D eigenvalue weighted by molar-refractivity contribution is 0.942. The lowest BCUT2D eigenvalue weighted by atomic mass is 9.97. The number of nitrogens with two attached hydrogens (primary N) is 2. The molecule has 0 fully saturated rings. The van der Waals surface area contributed by atoms with E-state index < -0.39 is 5.56 Å². The Balaban J connectivity index is 2.96. The molecule has 7 heteroatoms. The molecule has 0 saturated carbocycles. The lowest BCUT2D eigenvalue weighted by Crippen LogP contribution is -2.33. The van der Waals surface area contributed by atoms with E-state index in [1.54, 1.807) is 30.3 Å². The fourth-order valence-electron chi connectivity index (χ4n) is 1.83. The summed E-state index contributed by atoms with van der Waals surface area (Å²) in [7, 11) is 0. The van der Waals surface area contributed by atoms with Gasteiger partial charge in [0.25, 0.3) is 5.56 Å². The van der Waals surface area contributed by atoms with Gasteiger partial charge in [-0.05, 0) is 17.7 Å². The van der Waals surface area contributed by atoms with E-state index in [1.807, 2.05) is 6.07 Å². The molecule has 4 N–H and O–H groups in total. The topological polar surface area (TPSA) is 122 Å². The summed E-state index contributed by atoms with van der Waals surface area (Å²) in [5.74, 6) is 5.30. The largest absolute Gasteiger partial charge is 0.382 e. The van der Waals surface area contributed by atoms with Crippen molar-refractivity contribution in [2.75, 3.05) is 11.6 Å². The fraction of sp³-hybridized carbons (Fsp3) is 0. The molecule has 6 nitrogen and oxygen atoms in total. The van der Waals surface area contributed by atoms with Crippen LogP contribution < -0.4 is 17.1 Å². The van der Waals surface area contributed by atoms with Crippen LogP contribution in [0.4, 0.5) is 5.82 Å². The first-order valence-corrected chi connectivity index (χ1v) is 6.20. The van der Waals surface area contributed by atoms with E-state index in [1.165, 1.54) is 0 Å². The first-order valence-electron chi connectivity index (χ1n) is 5.41. The second kappa shape index (κ2) is 5.08. The summed E-state index contributed by atoms with van der Waals surface area (Å²) >= 11 is 3.29. The Labute approximate surface area is 122 Å². The van der Waals surface area contributed by atoms with Crippen LogP contribution in [0.5, 0.6) is 0 Å². The minimum Gasteiger partial charge on any atom is -0.382 e. The summed E-state index contributed by atoms with van der Waals surface area (Å²) in [5.41, 5.74) is 5.49. The van der Waals surface area contributed by atoms with Crippen LogP contribution in [0.3, 0.4) is 0 Å². The molecule has 98 valence electrons. The molecule has 1 heterocycles. The normalized spacial score (nSPS) is 9.75. The molecule has 2 rings (SSSR count). The van der Waals surface area contributed by atoms with Crippen LogP contribution in [-0.4, -0.2) is 4.68 Å². The lowest BCUT2D eigenvalue weighted by Gasteiger charge is -2.12. The maximum Gasteiger partial charge on any atom is 0.289 e. The first kappa shape index (κ1) is 13.7. The van der Waals surface area contributed by atoms with Gasteiger partial charge >= 0.3 is 0 Å². The highest BCUT2D eigenvalue weighted by molar-refractivity contribution is 9.10. The molecular weight excluding hydrogens is 322 g/mol. The Hall–Kier alpha value is -2.77. The van der Waals surface area contributed by atoms with Crippen LogP contribution in [0.1, 0.15) is 11.1 Å². The van der Waals surface area contributed by atoms with Gasteiger partial charge in [-0.3, -0.25) is 4.79 Å².